The fourth-order valence-electron chi connectivity index (χ4n) is 1.53. The van der Waals surface area contributed by atoms with Crippen LogP contribution in [0.4, 0.5) is 10.8 Å². The number of halogens is 1. The van der Waals surface area contributed by atoms with Crippen molar-refractivity contribution in [3.63, 3.8) is 0 Å². The number of aryl methyl sites for hydroxylation is 1. The van der Waals surface area contributed by atoms with Gasteiger partial charge in [0.1, 0.15) is 4.88 Å². The molecule has 0 unspecified atom stereocenters. The van der Waals surface area contributed by atoms with Crippen molar-refractivity contribution < 1.29 is 9.59 Å². The van der Waals surface area contributed by atoms with Gasteiger partial charge in [-0.05, 0) is 31.2 Å². The van der Waals surface area contributed by atoms with Crippen LogP contribution < -0.4 is 10.6 Å². The maximum absolute atomic E-state index is 12.2. The largest absolute Gasteiger partial charge is 0.321 e. The Balaban J connectivity index is 2.14. The minimum atomic E-state index is -0.237. The number of amides is 2. The Bertz CT molecular complexity index is 652. The average Bonchev–Trinajstić information content (AvgIpc) is 2.72. The van der Waals surface area contributed by atoms with Gasteiger partial charge in [0.2, 0.25) is 5.91 Å². The molecule has 5 nitrogen and oxygen atoms in total. The lowest BCUT2D eigenvalue weighted by Gasteiger charge is -2.03. The highest BCUT2D eigenvalue weighted by Crippen LogP contribution is 2.24. The summed E-state index contributed by atoms with van der Waals surface area (Å²) in [6.45, 7) is 3.14. The van der Waals surface area contributed by atoms with Crippen LogP contribution in [0, 0.1) is 6.92 Å². The molecule has 0 aliphatic heterocycles. The molecule has 0 bridgehead atoms. The molecule has 7 heteroatoms. The topological polar surface area (TPSA) is 71.1 Å². The number of hydrogen-bond donors (Lipinski definition) is 2. The van der Waals surface area contributed by atoms with Crippen LogP contribution in [0.1, 0.15) is 22.3 Å². The molecule has 2 aromatic rings. The molecule has 2 rings (SSSR count). The number of rotatable bonds is 3. The Labute approximate surface area is 128 Å². The summed E-state index contributed by atoms with van der Waals surface area (Å²) < 4.78 is 0.942. The monoisotopic (exact) mass is 353 g/mol. The molecule has 1 aromatic heterocycles. The Kier molecular flexibility index (Phi) is 4.51. The predicted octanol–water partition coefficient (Wildman–Crippen LogP) is 3.42. The van der Waals surface area contributed by atoms with Gasteiger partial charge in [0.25, 0.3) is 5.91 Å². The highest BCUT2D eigenvalue weighted by molar-refractivity contribution is 9.10. The van der Waals surface area contributed by atoms with Crippen LogP contribution in [0.15, 0.2) is 28.7 Å². The number of carbonyl (C=O) groups excluding carboxylic acids is 2. The number of carbonyl (C=O) groups is 2. The van der Waals surface area contributed by atoms with Gasteiger partial charge in [-0.1, -0.05) is 27.3 Å². The molecule has 0 aliphatic rings. The van der Waals surface area contributed by atoms with Gasteiger partial charge in [-0.25, -0.2) is 4.98 Å². The lowest BCUT2D eigenvalue weighted by Crippen LogP contribution is -2.11. The summed E-state index contributed by atoms with van der Waals surface area (Å²) in [5, 5.41) is 5.79. The lowest BCUT2D eigenvalue weighted by molar-refractivity contribution is -0.114. The van der Waals surface area contributed by atoms with E-state index in [0.29, 0.717) is 21.4 Å². The molecule has 0 atom stereocenters. The SMILES string of the molecule is CC(=O)Nc1nc(C)c(C(=O)Nc2ccc(Br)cc2)s1. The van der Waals surface area contributed by atoms with E-state index in [4.69, 9.17) is 0 Å². The highest BCUT2D eigenvalue weighted by atomic mass is 79.9. The predicted molar refractivity (Wildman–Crippen MR) is 83.2 cm³/mol. The molecule has 0 saturated carbocycles. The summed E-state index contributed by atoms with van der Waals surface area (Å²) in [6.07, 6.45) is 0. The first kappa shape index (κ1) is 14.7. The van der Waals surface area contributed by atoms with Crippen LogP contribution in [-0.4, -0.2) is 16.8 Å². The average molecular weight is 354 g/mol. The van der Waals surface area contributed by atoms with Crippen molar-refractivity contribution >= 4 is 49.9 Å². The van der Waals surface area contributed by atoms with Crippen LogP contribution in [0.5, 0.6) is 0 Å². The number of anilines is 2. The van der Waals surface area contributed by atoms with Gasteiger partial charge in [0.05, 0.1) is 5.69 Å². The summed E-state index contributed by atoms with van der Waals surface area (Å²) >= 11 is 4.49. The maximum atomic E-state index is 12.2. The number of hydrogen-bond acceptors (Lipinski definition) is 4. The summed E-state index contributed by atoms with van der Waals surface area (Å²) in [5.41, 5.74) is 1.29. The van der Waals surface area contributed by atoms with Crippen molar-refractivity contribution in [2.45, 2.75) is 13.8 Å². The first-order valence-corrected chi connectivity index (χ1v) is 7.38. The summed E-state index contributed by atoms with van der Waals surface area (Å²) in [5.74, 6) is -0.447. The van der Waals surface area contributed by atoms with Gasteiger partial charge in [-0.15, -0.1) is 0 Å². The maximum Gasteiger partial charge on any atom is 0.267 e. The number of thiazole rings is 1. The molecule has 104 valence electrons. The zero-order valence-electron chi connectivity index (χ0n) is 10.9. The second kappa shape index (κ2) is 6.15. The Morgan fingerprint density at radius 3 is 2.45 bits per heavy atom. The summed E-state index contributed by atoms with van der Waals surface area (Å²) in [4.78, 5) is 27.8. The number of nitrogens with one attached hydrogen (secondary N) is 2. The quantitative estimate of drug-likeness (QED) is 0.887. The van der Waals surface area contributed by atoms with E-state index in [9.17, 15) is 9.59 Å². The third-order valence-electron chi connectivity index (χ3n) is 2.39. The summed E-state index contributed by atoms with van der Waals surface area (Å²) in [7, 11) is 0. The van der Waals surface area contributed by atoms with Crippen molar-refractivity contribution in [1.82, 2.24) is 4.98 Å². The van der Waals surface area contributed by atoms with Crippen LogP contribution >= 0.6 is 27.3 Å². The molecule has 0 fully saturated rings. The van der Waals surface area contributed by atoms with E-state index in [-0.39, 0.29) is 11.8 Å². The van der Waals surface area contributed by atoms with E-state index < -0.39 is 0 Å². The molecule has 0 spiro atoms. The fourth-order valence-corrected chi connectivity index (χ4v) is 2.70. The Hall–Kier alpha value is -1.73. The second-order valence-electron chi connectivity index (χ2n) is 4.08. The van der Waals surface area contributed by atoms with Gasteiger partial charge >= 0.3 is 0 Å². The van der Waals surface area contributed by atoms with Crippen LogP contribution in [-0.2, 0) is 4.79 Å². The molecule has 2 N–H and O–H groups in total. The van der Waals surface area contributed by atoms with Gasteiger partial charge < -0.3 is 10.6 Å². The van der Waals surface area contributed by atoms with Crippen molar-refractivity contribution in [3.05, 3.63) is 39.3 Å². The van der Waals surface area contributed by atoms with Gasteiger partial charge in [-0.2, -0.15) is 0 Å². The lowest BCUT2D eigenvalue weighted by atomic mass is 10.3. The minimum Gasteiger partial charge on any atom is -0.321 e. The van der Waals surface area contributed by atoms with Crippen molar-refractivity contribution in [2.75, 3.05) is 10.6 Å². The molecular formula is C13H12BrN3O2S. The van der Waals surface area contributed by atoms with Crippen LogP contribution in [0.25, 0.3) is 0 Å². The van der Waals surface area contributed by atoms with E-state index in [0.717, 1.165) is 15.8 Å². The van der Waals surface area contributed by atoms with E-state index in [1.807, 2.05) is 12.1 Å². The zero-order chi connectivity index (χ0) is 14.7. The number of benzene rings is 1. The fraction of sp³-hybridized carbons (Fsp3) is 0.154. The molecule has 2 amide bonds. The van der Waals surface area contributed by atoms with Gasteiger partial charge in [0, 0.05) is 17.1 Å². The normalized spacial score (nSPS) is 10.2. The number of nitrogens with zero attached hydrogens (tertiary/aromatic N) is 1. The first-order chi connectivity index (χ1) is 9.45. The molecule has 1 aromatic carbocycles. The van der Waals surface area contributed by atoms with Crippen molar-refractivity contribution in [2.24, 2.45) is 0 Å². The van der Waals surface area contributed by atoms with Crippen molar-refractivity contribution in [3.8, 4) is 0 Å². The highest BCUT2D eigenvalue weighted by Gasteiger charge is 2.16. The standard InChI is InChI=1S/C13H12BrN3O2S/c1-7-11(20-13(15-7)16-8(2)18)12(19)17-10-5-3-9(14)4-6-10/h3-6H,1-2H3,(H,17,19)(H,15,16,18). The first-order valence-electron chi connectivity index (χ1n) is 5.77. The Morgan fingerprint density at radius 2 is 1.85 bits per heavy atom. The van der Waals surface area contributed by atoms with E-state index in [2.05, 4.69) is 31.5 Å². The summed E-state index contributed by atoms with van der Waals surface area (Å²) in [6, 6.07) is 7.29. The van der Waals surface area contributed by atoms with Crippen molar-refractivity contribution in [1.29, 1.82) is 0 Å². The smallest absolute Gasteiger partial charge is 0.267 e. The van der Waals surface area contributed by atoms with E-state index in [1.165, 1.54) is 6.92 Å². The van der Waals surface area contributed by atoms with E-state index in [1.54, 1.807) is 19.1 Å². The number of aromatic nitrogens is 1. The molecule has 0 saturated heterocycles. The molecule has 20 heavy (non-hydrogen) atoms. The van der Waals surface area contributed by atoms with Crippen LogP contribution in [0.2, 0.25) is 0 Å². The second-order valence-corrected chi connectivity index (χ2v) is 5.99. The van der Waals surface area contributed by atoms with Gasteiger partial charge in [-0.3, -0.25) is 9.59 Å². The third kappa shape index (κ3) is 3.64. The minimum absolute atomic E-state index is 0.210. The van der Waals surface area contributed by atoms with E-state index >= 15 is 0 Å². The Morgan fingerprint density at radius 1 is 1.20 bits per heavy atom. The van der Waals surface area contributed by atoms with Crippen LogP contribution in [0.3, 0.4) is 0 Å². The molecule has 0 radical (unpaired) electrons. The third-order valence-corrected chi connectivity index (χ3v) is 3.99. The molecular weight excluding hydrogens is 342 g/mol. The zero-order valence-corrected chi connectivity index (χ0v) is 13.3. The molecule has 1 heterocycles. The molecule has 0 aliphatic carbocycles. The van der Waals surface area contributed by atoms with Gasteiger partial charge in [0.15, 0.2) is 5.13 Å².